The summed E-state index contributed by atoms with van der Waals surface area (Å²) in [7, 11) is 0. The molecule has 24 heavy (non-hydrogen) atoms. The lowest BCUT2D eigenvalue weighted by atomic mass is 10.3. The topological polar surface area (TPSA) is 51.2 Å². The van der Waals surface area contributed by atoms with E-state index in [2.05, 4.69) is 10.3 Å². The van der Waals surface area contributed by atoms with Crippen LogP contribution in [0.4, 0.5) is 0 Å². The average molecular weight is 381 g/mol. The molecule has 0 unspecified atom stereocenters. The van der Waals surface area contributed by atoms with Gasteiger partial charge in [-0.05, 0) is 24.3 Å². The fourth-order valence-corrected chi connectivity index (χ4v) is 3.42. The van der Waals surface area contributed by atoms with Gasteiger partial charge in [-0.3, -0.25) is 4.79 Å². The van der Waals surface area contributed by atoms with E-state index in [-0.39, 0.29) is 12.5 Å². The Morgan fingerprint density at radius 1 is 1.21 bits per heavy atom. The molecule has 7 heteroatoms. The minimum absolute atomic E-state index is 0.111. The van der Waals surface area contributed by atoms with Crippen molar-refractivity contribution in [3.8, 4) is 5.75 Å². The Bertz CT molecular complexity index is 834. The maximum absolute atomic E-state index is 11.8. The van der Waals surface area contributed by atoms with Crippen LogP contribution in [-0.4, -0.2) is 24.0 Å². The largest absolute Gasteiger partial charge is 0.482 e. The van der Waals surface area contributed by atoms with E-state index in [1.54, 1.807) is 29.5 Å². The third kappa shape index (κ3) is 4.38. The number of ether oxygens (including phenoxy) is 1. The summed E-state index contributed by atoms with van der Waals surface area (Å²) in [6, 6.07) is 12.8. The number of carbonyl (C=O) groups excluding carboxylic acids is 1. The standard InChI is InChI=1S/C17H14Cl2N2O2S/c18-11-5-6-12(19)14(9-11)23-10-16(22)20-8-7-17-21-13-3-1-2-4-15(13)24-17/h1-6,9H,7-8,10H2,(H,20,22). The van der Waals surface area contributed by atoms with Crippen LogP contribution in [0.2, 0.25) is 10.0 Å². The van der Waals surface area contributed by atoms with Crippen molar-refractivity contribution < 1.29 is 9.53 Å². The average Bonchev–Trinajstić information content (AvgIpc) is 2.98. The van der Waals surface area contributed by atoms with Gasteiger partial charge in [0, 0.05) is 24.1 Å². The van der Waals surface area contributed by atoms with E-state index >= 15 is 0 Å². The van der Waals surface area contributed by atoms with Gasteiger partial charge in [-0.2, -0.15) is 0 Å². The Hall–Kier alpha value is -1.82. The number of carbonyl (C=O) groups is 1. The van der Waals surface area contributed by atoms with Crippen molar-refractivity contribution in [3.63, 3.8) is 0 Å². The van der Waals surface area contributed by atoms with E-state index in [0.29, 0.717) is 28.8 Å². The van der Waals surface area contributed by atoms with Crippen LogP contribution < -0.4 is 10.1 Å². The van der Waals surface area contributed by atoms with Gasteiger partial charge in [0.25, 0.3) is 5.91 Å². The van der Waals surface area contributed by atoms with Gasteiger partial charge in [0.1, 0.15) is 5.75 Å². The summed E-state index contributed by atoms with van der Waals surface area (Å²) in [5, 5.41) is 4.73. The number of hydrogen-bond donors (Lipinski definition) is 1. The van der Waals surface area contributed by atoms with E-state index in [0.717, 1.165) is 15.2 Å². The predicted octanol–water partition coefficient (Wildman–Crippen LogP) is 4.34. The molecular formula is C17H14Cl2N2O2S. The number of nitrogens with zero attached hydrogens (tertiary/aromatic N) is 1. The van der Waals surface area contributed by atoms with Crippen LogP contribution in [0.3, 0.4) is 0 Å². The molecule has 1 amide bonds. The monoisotopic (exact) mass is 380 g/mol. The van der Waals surface area contributed by atoms with Gasteiger partial charge < -0.3 is 10.1 Å². The highest BCUT2D eigenvalue weighted by Gasteiger charge is 2.08. The number of aromatic nitrogens is 1. The maximum Gasteiger partial charge on any atom is 0.257 e. The molecule has 1 N–H and O–H groups in total. The summed E-state index contributed by atoms with van der Waals surface area (Å²) in [6.07, 6.45) is 0.684. The van der Waals surface area contributed by atoms with Crippen molar-refractivity contribution in [3.05, 3.63) is 57.5 Å². The molecular weight excluding hydrogens is 367 g/mol. The number of halogens is 2. The molecule has 0 atom stereocenters. The number of hydrogen-bond acceptors (Lipinski definition) is 4. The molecule has 1 heterocycles. The Kier molecular flexibility index (Phi) is 5.56. The van der Waals surface area contributed by atoms with Crippen molar-refractivity contribution in [1.82, 2.24) is 10.3 Å². The third-order valence-electron chi connectivity index (χ3n) is 3.25. The molecule has 0 saturated carbocycles. The highest BCUT2D eigenvalue weighted by Crippen LogP contribution is 2.27. The van der Waals surface area contributed by atoms with E-state index < -0.39 is 0 Å². The molecule has 0 saturated heterocycles. The Labute approximate surface area is 153 Å². The van der Waals surface area contributed by atoms with Crippen LogP contribution in [0.25, 0.3) is 10.2 Å². The molecule has 0 aliphatic carbocycles. The third-order valence-corrected chi connectivity index (χ3v) is 4.89. The minimum atomic E-state index is -0.216. The summed E-state index contributed by atoms with van der Waals surface area (Å²) in [4.78, 5) is 16.4. The number of fused-ring (bicyclic) bond motifs is 1. The maximum atomic E-state index is 11.8. The van der Waals surface area contributed by atoms with Crippen molar-refractivity contribution in [2.75, 3.05) is 13.2 Å². The summed E-state index contributed by atoms with van der Waals surface area (Å²) in [5.41, 5.74) is 0.989. The summed E-state index contributed by atoms with van der Waals surface area (Å²) < 4.78 is 6.54. The van der Waals surface area contributed by atoms with E-state index in [1.807, 2.05) is 24.3 Å². The van der Waals surface area contributed by atoms with Crippen LogP contribution in [0.5, 0.6) is 5.75 Å². The van der Waals surface area contributed by atoms with Crippen LogP contribution in [0, 0.1) is 0 Å². The predicted molar refractivity (Wildman–Crippen MR) is 98.3 cm³/mol. The van der Waals surface area contributed by atoms with Crippen LogP contribution in [0.1, 0.15) is 5.01 Å². The van der Waals surface area contributed by atoms with Gasteiger partial charge in [-0.15, -0.1) is 11.3 Å². The smallest absolute Gasteiger partial charge is 0.257 e. The first-order valence-electron chi connectivity index (χ1n) is 7.31. The van der Waals surface area contributed by atoms with Crippen LogP contribution in [-0.2, 0) is 11.2 Å². The van der Waals surface area contributed by atoms with Crippen LogP contribution >= 0.6 is 34.5 Å². The van der Waals surface area contributed by atoms with Gasteiger partial charge in [-0.25, -0.2) is 4.98 Å². The SMILES string of the molecule is O=C(COc1cc(Cl)ccc1Cl)NCCc1nc2ccccc2s1. The van der Waals surface area contributed by atoms with Gasteiger partial charge in [-0.1, -0.05) is 35.3 Å². The quantitative estimate of drug-likeness (QED) is 0.691. The van der Waals surface area contributed by atoms with Gasteiger partial charge >= 0.3 is 0 Å². The highest BCUT2D eigenvalue weighted by molar-refractivity contribution is 7.18. The molecule has 3 rings (SSSR count). The zero-order valence-corrected chi connectivity index (χ0v) is 14.9. The minimum Gasteiger partial charge on any atom is -0.482 e. The first kappa shape index (κ1) is 17.0. The van der Waals surface area contributed by atoms with Crippen molar-refractivity contribution in [1.29, 1.82) is 0 Å². The lowest BCUT2D eigenvalue weighted by molar-refractivity contribution is -0.123. The summed E-state index contributed by atoms with van der Waals surface area (Å²) in [5.74, 6) is 0.178. The number of nitrogens with one attached hydrogen (secondary N) is 1. The van der Waals surface area contributed by atoms with Crippen molar-refractivity contribution in [2.45, 2.75) is 6.42 Å². The van der Waals surface area contributed by atoms with E-state index in [1.165, 1.54) is 0 Å². The molecule has 3 aromatic rings. The number of thiazole rings is 1. The molecule has 0 fully saturated rings. The number of rotatable bonds is 6. The number of amides is 1. The summed E-state index contributed by atoms with van der Waals surface area (Å²) >= 11 is 13.5. The second-order valence-corrected chi connectivity index (χ2v) is 7.00. The molecule has 0 aliphatic rings. The second-order valence-electron chi connectivity index (χ2n) is 5.04. The zero-order valence-electron chi connectivity index (χ0n) is 12.6. The Morgan fingerprint density at radius 3 is 2.88 bits per heavy atom. The highest BCUT2D eigenvalue weighted by atomic mass is 35.5. The lowest BCUT2D eigenvalue weighted by Gasteiger charge is -2.08. The van der Waals surface area contributed by atoms with E-state index in [4.69, 9.17) is 27.9 Å². The molecule has 4 nitrogen and oxygen atoms in total. The molecule has 0 aliphatic heterocycles. The van der Waals surface area contributed by atoms with Gasteiger partial charge in [0.2, 0.25) is 0 Å². The van der Waals surface area contributed by atoms with Crippen LogP contribution in [0.15, 0.2) is 42.5 Å². The number of para-hydroxylation sites is 1. The number of benzene rings is 2. The molecule has 1 aromatic heterocycles. The first-order chi connectivity index (χ1) is 11.6. The Balaban J connectivity index is 1.46. The molecule has 0 bridgehead atoms. The zero-order chi connectivity index (χ0) is 16.9. The molecule has 2 aromatic carbocycles. The lowest BCUT2D eigenvalue weighted by Crippen LogP contribution is -2.30. The summed E-state index contributed by atoms with van der Waals surface area (Å²) in [6.45, 7) is 0.394. The van der Waals surface area contributed by atoms with Gasteiger partial charge in [0.15, 0.2) is 6.61 Å². The fourth-order valence-electron chi connectivity index (χ4n) is 2.12. The molecule has 0 spiro atoms. The van der Waals surface area contributed by atoms with Crippen molar-refractivity contribution in [2.24, 2.45) is 0 Å². The first-order valence-corrected chi connectivity index (χ1v) is 8.88. The second kappa shape index (κ2) is 7.83. The van der Waals surface area contributed by atoms with E-state index in [9.17, 15) is 4.79 Å². The normalized spacial score (nSPS) is 10.8. The molecule has 0 radical (unpaired) electrons. The van der Waals surface area contributed by atoms with Crippen molar-refractivity contribution >= 4 is 50.7 Å². The van der Waals surface area contributed by atoms with Gasteiger partial charge in [0.05, 0.1) is 20.2 Å². The Morgan fingerprint density at radius 2 is 2.04 bits per heavy atom. The fraction of sp³-hybridized carbons (Fsp3) is 0.176. The molecule has 124 valence electrons.